The molecule has 94 valence electrons. The summed E-state index contributed by atoms with van der Waals surface area (Å²) < 4.78 is 6.74. The lowest BCUT2D eigenvalue weighted by Crippen LogP contribution is -2.03. The van der Waals surface area contributed by atoms with Crippen LogP contribution >= 0.6 is 11.6 Å². The Morgan fingerprint density at radius 1 is 1.44 bits per heavy atom. The molecule has 0 aliphatic carbocycles. The first-order valence-electron chi connectivity index (χ1n) is 5.20. The molecule has 1 heterocycles. The van der Waals surface area contributed by atoms with Gasteiger partial charge in [0, 0.05) is 10.6 Å². The van der Waals surface area contributed by atoms with Crippen LogP contribution in [0.5, 0.6) is 5.88 Å². The zero-order chi connectivity index (χ0) is 13.1. The van der Waals surface area contributed by atoms with Crippen molar-refractivity contribution >= 4 is 17.6 Å². The van der Waals surface area contributed by atoms with Crippen molar-refractivity contribution in [3.63, 3.8) is 0 Å². The Morgan fingerprint density at radius 2 is 2.11 bits per heavy atom. The van der Waals surface area contributed by atoms with E-state index < -0.39 is 5.97 Å². The first-order chi connectivity index (χ1) is 8.61. The number of benzene rings is 1. The first kappa shape index (κ1) is 12.4. The average molecular weight is 267 g/mol. The second-order valence-corrected chi connectivity index (χ2v) is 4.07. The van der Waals surface area contributed by atoms with E-state index in [2.05, 4.69) is 5.10 Å². The maximum absolute atomic E-state index is 10.7. The van der Waals surface area contributed by atoms with Crippen LogP contribution in [0.2, 0.25) is 5.02 Å². The van der Waals surface area contributed by atoms with Gasteiger partial charge in [-0.1, -0.05) is 11.6 Å². The van der Waals surface area contributed by atoms with Crippen molar-refractivity contribution < 1.29 is 14.6 Å². The van der Waals surface area contributed by atoms with Crippen LogP contribution in [0.25, 0.3) is 5.69 Å². The van der Waals surface area contributed by atoms with Crippen LogP contribution in [-0.2, 0) is 11.2 Å². The predicted octanol–water partition coefficient (Wildman–Crippen LogP) is 2.16. The van der Waals surface area contributed by atoms with E-state index in [1.807, 2.05) is 0 Å². The molecule has 2 aromatic rings. The summed E-state index contributed by atoms with van der Waals surface area (Å²) in [5.74, 6) is -0.510. The largest absolute Gasteiger partial charge is 0.481 e. The van der Waals surface area contributed by atoms with Gasteiger partial charge in [-0.2, -0.15) is 5.10 Å². The molecule has 0 aliphatic heterocycles. The van der Waals surface area contributed by atoms with Crippen LogP contribution in [0.4, 0.5) is 0 Å². The molecule has 1 N–H and O–H groups in total. The number of aliphatic carboxylic acids is 1. The van der Waals surface area contributed by atoms with Gasteiger partial charge in [-0.05, 0) is 24.3 Å². The fourth-order valence-corrected chi connectivity index (χ4v) is 1.77. The molecule has 2 rings (SSSR count). The summed E-state index contributed by atoms with van der Waals surface area (Å²) in [5.41, 5.74) is 1.29. The molecule has 0 aliphatic rings. The summed E-state index contributed by atoms with van der Waals surface area (Å²) in [6.07, 6.45) is 1.36. The highest BCUT2D eigenvalue weighted by Gasteiger charge is 2.15. The van der Waals surface area contributed by atoms with Crippen molar-refractivity contribution in [3.8, 4) is 11.6 Å². The lowest BCUT2D eigenvalue weighted by Gasteiger charge is -2.07. The van der Waals surface area contributed by atoms with Gasteiger partial charge in [-0.3, -0.25) is 4.79 Å². The second-order valence-electron chi connectivity index (χ2n) is 3.64. The fraction of sp³-hybridized carbons (Fsp3) is 0.167. The fourth-order valence-electron chi connectivity index (χ4n) is 1.64. The summed E-state index contributed by atoms with van der Waals surface area (Å²) in [5, 5.41) is 13.5. The number of aromatic nitrogens is 2. The number of nitrogens with zero attached hydrogens (tertiary/aromatic N) is 2. The molecular formula is C12H11ClN2O3. The van der Waals surface area contributed by atoms with E-state index in [-0.39, 0.29) is 6.42 Å². The van der Waals surface area contributed by atoms with Gasteiger partial charge in [0.15, 0.2) is 0 Å². The number of halogens is 1. The Balaban J connectivity index is 2.42. The summed E-state index contributed by atoms with van der Waals surface area (Å²) in [6.45, 7) is 0. The van der Waals surface area contributed by atoms with Crippen molar-refractivity contribution in [3.05, 3.63) is 41.0 Å². The molecule has 0 unspecified atom stereocenters. The molecule has 0 amide bonds. The Hall–Kier alpha value is -2.01. The highest BCUT2D eigenvalue weighted by atomic mass is 35.5. The maximum Gasteiger partial charge on any atom is 0.308 e. The van der Waals surface area contributed by atoms with Crippen LogP contribution in [0.3, 0.4) is 0 Å². The van der Waals surface area contributed by atoms with Gasteiger partial charge in [-0.15, -0.1) is 0 Å². The van der Waals surface area contributed by atoms with Crippen LogP contribution in [0, 0.1) is 0 Å². The van der Waals surface area contributed by atoms with Crippen LogP contribution in [-0.4, -0.2) is 28.0 Å². The summed E-state index contributed by atoms with van der Waals surface area (Å²) >= 11 is 5.81. The van der Waals surface area contributed by atoms with Gasteiger partial charge in [0.1, 0.15) is 0 Å². The van der Waals surface area contributed by atoms with Crippen molar-refractivity contribution in [1.29, 1.82) is 0 Å². The monoisotopic (exact) mass is 266 g/mol. The SMILES string of the molecule is COc1c(CC(=O)O)cnn1-c1ccc(Cl)cc1. The van der Waals surface area contributed by atoms with Gasteiger partial charge < -0.3 is 9.84 Å². The molecule has 6 heteroatoms. The number of carboxylic acids is 1. The van der Waals surface area contributed by atoms with E-state index in [0.717, 1.165) is 5.69 Å². The molecule has 0 atom stereocenters. The normalized spacial score (nSPS) is 10.3. The topological polar surface area (TPSA) is 64.3 Å². The van der Waals surface area contributed by atoms with Crippen molar-refractivity contribution in [2.45, 2.75) is 6.42 Å². The number of carbonyl (C=O) groups is 1. The lowest BCUT2D eigenvalue weighted by atomic mass is 10.2. The van der Waals surface area contributed by atoms with E-state index in [9.17, 15) is 4.79 Å². The summed E-state index contributed by atoms with van der Waals surface area (Å²) in [6, 6.07) is 7.02. The molecule has 0 fully saturated rings. The second kappa shape index (κ2) is 5.10. The number of carboxylic acid groups (broad SMARTS) is 1. The zero-order valence-electron chi connectivity index (χ0n) is 9.63. The van der Waals surface area contributed by atoms with Crippen molar-refractivity contribution in [2.75, 3.05) is 7.11 Å². The van der Waals surface area contributed by atoms with Gasteiger partial charge >= 0.3 is 5.97 Å². The van der Waals surface area contributed by atoms with Crippen LogP contribution < -0.4 is 4.74 Å². The van der Waals surface area contributed by atoms with Gasteiger partial charge in [0.25, 0.3) is 0 Å². The lowest BCUT2D eigenvalue weighted by molar-refractivity contribution is -0.136. The minimum atomic E-state index is -0.927. The van der Waals surface area contributed by atoms with Gasteiger partial charge in [-0.25, -0.2) is 4.68 Å². The van der Waals surface area contributed by atoms with Crippen molar-refractivity contribution in [2.24, 2.45) is 0 Å². The van der Waals surface area contributed by atoms with Crippen LogP contribution in [0.15, 0.2) is 30.5 Å². The number of hydrogen-bond donors (Lipinski definition) is 1. The molecular weight excluding hydrogens is 256 g/mol. The molecule has 0 radical (unpaired) electrons. The predicted molar refractivity (Wildman–Crippen MR) is 66.5 cm³/mol. The smallest absolute Gasteiger partial charge is 0.308 e. The Bertz CT molecular complexity index is 563. The van der Waals surface area contributed by atoms with Gasteiger partial charge in [0.05, 0.1) is 25.4 Å². The molecule has 1 aromatic heterocycles. The quantitative estimate of drug-likeness (QED) is 0.921. The standard InChI is InChI=1S/C12H11ClN2O3/c1-18-12-8(6-11(16)17)7-14-15(12)10-4-2-9(13)3-5-10/h2-5,7H,6H2,1H3,(H,16,17). The Morgan fingerprint density at radius 3 is 2.67 bits per heavy atom. The minimum Gasteiger partial charge on any atom is -0.481 e. The number of ether oxygens (including phenoxy) is 1. The number of hydrogen-bond acceptors (Lipinski definition) is 3. The third-order valence-electron chi connectivity index (χ3n) is 2.40. The first-order valence-corrected chi connectivity index (χ1v) is 5.58. The average Bonchev–Trinajstić information content (AvgIpc) is 2.72. The van der Waals surface area contributed by atoms with E-state index >= 15 is 0 Å². The molecule has 1 aromatic carbocycles. The Kier molecular flexibility index (Phi) is 3.53. The van der Waals surface area contributed by atoms with Crippen molar-refractivity contribution in [1.82, 2.24) is 9.78 Å². The van der Waals surface area contributed by atoms with E-state index in [1.54, 1.807) is 24.3 Å². The van der Waals surface area contributed by atoms with Gasteiger partial charge in [0.2, 0.25) is 5.88 Å². The number of rotatable bonds is 4. The molecule has 0 bridgehead atoms. The van der Waals surface area contributed by atoms with Crippen LogP contribution in [0.1, 0.15) is 5.56 Å². The van der Waals surface area contributed by atoms with E-state index in [0.29, 0.717) is 16.5 Å². The maximum atomic E-state index is 10.7. The Labute approximate surface area is 109 Å². The zero-order valence-corrected chi connectivity index (χ0v) is 10.4. The highest BCUT2D eigenvalue weighted by molar-refractivity contribution is 6.30. The summed E-state index contributed by atoms with van der Waals surface area (Å²) in [4.78, 5) is 10.7. The van der Waals surface area contributed by atoms with E-state index in [1.165, 1.54) is 18.0 Å². The molecule has 0 saturated carbocycles. The molecule has 18 heavy (non-hydrogen) atoms. The molecule has 0 saturated heterocycles. The minimum absolute atomic E-state index is 0.128. The third kappa shape index (κ3) is 2.46. The third-order valence-corrected chi connectivity index (χ3v) is 2.65. The summed E-state index contributed by atoms with van der Waals surface area (Å²) in [7, 11) is 1.48. The molecule has 5 nitrogen and oxygen atoms in total. The molecule has 0 spiro atoms. The van der Waals surface area contributed by atoms with E-state index in [4.69, 9.17) is 21.4 Å². The number of methoxy groups -OCH3 is 1. The highest BCUT2D eigenvalue weighted by Crippen LogP contribution is 2.23.